The number of rotatable bonds is 5. The summed E-state index contributed by atoms with van der Waals surface area (Å²) in [4.78, 5) is 23.4. The number of nitrogens with zero attached hydrogens (tertiary/aromatic N) is 3. The van der Waals surface area contributed by atoms with Gasteiger partial charge in [-0.05, 0) is 47.4 Å². The minimum atomic E-state index is -0.721. The number of halogens is 3. The molecule has 2 heterocycles. The van der Waals surface area contributed by atoms with E-state index >= 15 is 0 Å². The van der Waals surface area contributed by atoms with E-state index in [4.69, 9.17) is 11.6 Å². The number of carbonyl (C=O) groups is 1. The zero-order valence-corrected chi connectivity index (χ0v) is 17.8. The highest BCUT2D eigenvalue weighted by Gasteiger charge is 2.25. The maximum atomic E-state index is 13.4. The molecule has 0 bridgehead atoms. The second kappa shape index (κ2) is 9.58. The Morgan fingerprint density at radius 3 is 2.72 bits per heavy atom. The second-order valence-corrected chi connectivity index (χ2v) is 8.00. The fourth-order valence-corrected chi connectivity index (χ4v) is 3.78. The Morgan fingerprint density at radius 1 is 1.22 bits per heavy atom. The highest BCUT2D eigenvalue weighted by Crippen LogP contribution is 2.22. The molecular formula is C23H21ClF2N4O2. The lowest BCUT2D eigenvalue weighted by Crippen LogP contribution is -2.45. The van der Waals surface area contributed by atoms with Gasteiger partial charge in [0, 0.05) is 19.2 Å². The number of aromatic nitrogens is 2. The van der Waals surface area contributed by atoms with Crippen LogP contribution in [0.5, 0.6) is 0 Å². The number of carbonyl (C=O) groups excluding carboxylic acids is 1. The first-order valence-electron chi connectivity index (χ1n) is 10.1. The van der Waals surface area contributed by atoms with Gasteiger partial charge in [-0.15, -0.1) is 0 Å². The Hall–Kier alpha value is -3.10. The van der Waals surface area contributed by atoms with Crippen molar-refractivity contribution in [1.82, 2.24) is 20.2 Å². The Bertz CT molecular complexity index is 1130. The molecule has 166 valence electrons. The molecule has 3 aromatic rings. The van der Waals surface area contributed by atoms with Crippen LogP contribution in [0.2, 0.25) is 5.02 Å². The molecule has 1 aromatic heterocycles. The quantitative estimate of drug-likeness (QED) is 0.609. The van der Waals surface area contributed by atoms with Gasteiger partial charge in [-0.3, -0.25) is 0 Å². The summed E-state index contributed by atoms with van der Waals surface area (Å²) < 4.78 is 26.5. The SMILES string of the molecule is O=C(N[C@H](CO)c1ccc(F)c(Cl)c1)N1CCc2cnc(Cc3ccc(F)cc3)nc2C1. The van der Waals surface area contributed by atoms with Crippen molar-refractivity contribution in [2.75, 3.05) is 13.2 Å². The van der Waals surface area contributed by atoms with Crippen LogP contribution in [-0.4, -0.2) is 39.2 Å². The number of hydrogen-bond donors (Lipinski definition) is 2. The molecule has 2 aromatic carbocycles. The molecular weight excluding hydrogens is 438 g/mol. The molecule has 0 saturated carbocycles. The fourth-order valence-electron chi connectivity index (χ4n) is 3.59. The van der Waals surface area contributed by atoms with E-state index in [1.165, 1.54) is 30.3 Å². The van der Waals surface area contributed by atoms with Gasteiger partial charge in [-0.25, -0.2) is 23.5 Å². The molecule has 0 fully saturated rings. The summed E-state index contributed by atoms with van der Waals surface area (Å²) in [7, 11) is 0. The molecule has 0 unspecified atom stereocenters. The van der Waals surface area contributed by atoms with Gasteiger partial charge in [-0.1, -0.05) is 29.8 Å². The van der Waals surface area contributed by atoms with E-state index < -0.39 is 11.9 Å². The van der Waals surface area contributed by atoms with E-state index in [2.05, 4.69) is 15.3 Å². The van der Waals surface area contributed by atoms with Gasteiger partial charge >= 0.3 is 6.03 Å². The van der Waals surface area contributed by atoms with Gasteiger partial charge in [0.1, 0.15) is 17.5 Å². The number of amides is 2. The summed E-state index contributed by atoms with van der Waals surface area (Å²) in [5, 5.41) is 12.4. The number of benzene rings is 2. The van der Waals surface area contributed by atoms with Crippen LogP contribution >= 0.6 is 11.6 Å². The standard InChI is InChI=1S/C23H21ClF2N4O2/c24-18-10-15(3-6-19(18)26)21(13-31)29-23(32)30-8-7-16-11-27-22(28-20(16)12-30)9-14-1-4-17(25)5-2-14/h1-6,10-11,21,31H,7-9,12-13H2,(H,29,32)/t21-/m1/s1. The van der Waals surface area contributed by atoms with Crippen molar-refractivity contribution in [3.05, 3.63) is 93.5 Å². The van der Waals surface area contributed by atoms with Gasteiger partial charge in [0.15, 0.2) is 0 Å². The first-order chi connectivity index (χ1) is 15.4. The summed E-state index contributed by atoms with van der Waals surface area (Å²) in [5.74, 6) is -0.278. The predicted octanol–water partition coefficient (Wildman–Crippen LogP) is 3.80. The highest BCUT2D eigenvalue weighted by atomic mass is 35.5. The molecule has 0 saturated heterocycles. The van der Waals surface area contributed by atoms with Crippen molar-refractivity contribution in [1.29, 1.82) is 0 Å². The van der Waals surface area contributed by atoms with E-state index in [0.717, 1.165) is 16.8 Å². The van der Waals surface area contributed by atoms with Gasteiger partial charge in [-0.2, -0.15) is 0 Å². The highest BCUT2D eigenvalue weighted by molar-refractivity contribution is 6.30. The molecule has 9 heteroatoms. The minimum absolute atomic E-state index is 0.0764. The molecule has 0 aliphatic carbocycles. The lowest BCUT2D eigenvalue weighted by Gasteiger charge is -2.30. The first kappa shape index (κ1) is 22.1. The molecule has 2 N–H and O–H groups in total. The van der Waals surface area contributed by atoms with Crippen LogP contribution in [-0.2, 0) is 19.4 Å². The number of urea groups is 1. The lowest BCUT2D eigenvalue weighted by atomic mass is 10.1. The third-order valence-electron chi connectivity index (χ3n) is 5.38. The van der Waals surface area contributed by atoms with Crippen molar-refractivity contribution < 1.29 is 18.7 Å². The smallest absolute Gasteiger partial charge is 0.318 e. The van der Waals surface area contributed by atoms with E-state index in [-0.39, 0.29) is 23.5 Å². The molecule has 1 aliphatic heterocycles. The van der Waals surface area contributed by atoms with Crippen molar-refractivity contribution in [3.8, 4) is 0 Å². The molecule has 0 radical (unpaired) electrons. The maximum absolute atomic E-state index is 13.4. The predicted molar refractivity (Wildman–Crippen MR) is 115 cm³/mol. The third kappa shape index (κ3) is 5.03. The van der Waals surface area contributed by atoms with Crippen molar-refractivity contribution in [2.24, 2.45) is 0 Å². The average Bonchev–Trinajstić information content (AvgIpc) is 2.80. The zero-order valence-electron chi connectivity index (χ0n) is 17.1. The molecule has 0 spiro atoms. The van der Waals surface area contributed by atoms with Crippen molar-refractivity contribution in [3.63, 3.8) is 0 Å². The van der Waals surface area contributed by atoms with Gasteiger partial charge in [0.25, 0.3) is 0 Å². The molecule has 2 amide bonds. The zero-order chi connectivity index (χ0) is 22.7. The Balaban J connectivity index is 1.44. The van der Waals surface area contributed by atoms with E-state index in [1.54, 1.807) is 23.2 Å². The van der Waals surface area contributed by atoms with E-state index in [0.29, 0.717) is 37.3 Å². The van der Waals surface area contributed by atoms with Crippen molar-refractivity contribution >= 4 is 17.6 Å². The Kier molecular flexibility index (Phi) is 6.62. The molecule has 1 aliphatic rings. The number of fused-ring (bicyclic) bond motifs is 1. The van der Waals surface area contributed by atoms with Crippen LogP contribution in [0.25, 0.3) is 0 Å². The topological polar surface area (TPSA) is 78.4 Å². The van der Waals surface area contributed by atoms with Crippen LogP contribution in [0.15, 0.2) is 48.7 Å². The van der Waals surface area contributed by atoms with Gasteiger partial charge in [0.2, 0.25) is 0 Å². The maximum Gasteiger partial charge on any atom is 0.318 e. The van der Waals surface area contributed by atoms with Crippen LogP contribution < -0.4 is 5.32 Å². The number of aliphatic hydroxyl groups excluding tert-OH is 1. The van der Waals surface area contributed by atoms with Crippen molar-refractivity contribution in [2.45, 2.75) is 25.4 Å². The largest absolute Gasteiger partial charge is 0.394 e. The van der Waals surface area contributed by atoms with E-state index in [1.807, 2.05) is 0 Å². The van der Waals surface area contributed by atoms with Crippen LogP contribution in [0, 0.1) is 11.6 Å². The Morgan fingerprint density at radius 2 is 2.00 bits per heavy atom. The fraction of sp³-hybridized carbons (Fsp3) is 0.261. The van der Waals surface area contributed by atoms with Crippen LogP contribution in [0.1, 0.15) is 34.3 Å². The summed E-state index contributed by atoms with van der Waals surface area (Å²) in [6.45, 7) is 0.409. The molecule has 1 atom stereocenters. The summed E-state index contributed by atoms with van der Waals surface area (Å²) in [6, 6.07) is 9.14. The van der Waals surface area contributed by atoms with Gasteiger partial charge in [0.05, 0.1) is 29.9 Å². The van der Waals surface area contributed by atoms with Gasteiger partial charge < -0.3 is 15.3 Å². The second-order valence-electron chi connectivity index (χ2n) is 7.59. The van der Waals surface area contributed by atoms with Crippen LogP contribution in [0.4, 0.5) is 13.6 Å². The number of aliphatic hydroxyl groups is 1. The monoisotopic (exact) mass is 458 g/mol. The minimum Gasteiger partial charge on any atom is -0.394 e. The molecule has 4 rings (SSSR count). The Labute approximate surface area is 188 Å². The van der Waals surface area contributed by atoms with E-state index in [9.17, 15) is 18.7 Å². The summed E-state index contributed by atoms with van der Waals surface area (Å²) in [5.41, 5.74) is 3.12. The lowest BCUT2D eigenvalue weighted by molar-refractivity contribution is 0.176. The molecule has 6 nitrogen and oxygen atoms in total. The number of hydrogen-bond acceptors (Lipinski definition) is 4. The third-order valence-corrected chi connectivity index (χ3v) is 5.67. The normalized spacial score (nSPS) is 14.1. The summed E-state index contributed by atoms with van der Waals surface area (Å²) in [6.07, 6.45) is 2.83. The number of nitrogens with one attached hydrogen (secondary N) is 1. The molecule has 32 heavy (non-hydrogen) atoms. The van der Waals surface area contributed by atoms with Crippen LogP contribution in [0.3, 0.4) is 0 Å². The first-order valence-corrected chi connectivity index (χ1v) is 10.5. The average molecular weight is 459 g/mol. The summed E-state index contributed by atoms with van der Waals surface area (Å²) >= 11 is 5.82.